The van der Waals surface area contributed by atoms with E-state index in [0.29, 0.717) is 13.2 Å². The van der Waals surface area contributed by atoms with Gasteiger partial charge in [0.1, 0.15) is 11.5 Å². The summed E-state index contributed by atoms with van der Waals surface area (Å²) in [6.07, 6.45) is 0.903. The third-order valence-electron chi connectivity index (χ3n) is 3.21. The van der Waals surface area contributed by atoms with Crippen molar-refractivity contribution in [3.05, 3.63) is 59.2 Å². The molecule has 0 fully saturated rings. The van der Waals surface area contributed by atoms with Gasteiger partial charge >= 0.3 is 0 Å². The molecule has 0 atom stereocenters. The Bertz CT molecular complexity index is 544. The van der Waals surface area contributed by atoms with E-state index in [1.807, 2.05) is 25.1 Å². The van der Waals surface area contributed by atoms with Crippen molar-refractivity contribution in [1.29, 1.82) is 0 Å². The van der Waals surface area contributed by atoms with Crippen LogP contribution >= 0.6 is 0 Å². The smallest absolute Gasteiger partial charge is 0.122 e. The molecular weight excluding hydrogens is 248 g/mol. The predicted octanol–water partition coefficient (Wildman–Crippen LogP) is 4.32. The average Bonchev–Trinajstić information content (AvgIpc) is 2.43. The highest BCUT2D eigenvalue weighted by Crippen LogP contribution is 2.19. The second-order valence-electron chi connectivity index (χ2n) is 4.94. The van der Waals surface area contributed by atoms with Crippen LogP contribution in [0.5, 0.6) is 11.5 Å². The monoisotopic (exact) mass is 270 g/mol. The van der Waals surface area contributed by atoms with Crippen LogP contribution < -0.4 is 9.47 Å². The molecular formula is C18H22O2. The van der Waals surface area contributed by atoms with E-state index < -0.39 is 0 Å². The zero-order chi connectivity index (χ0) is 14.4. The van der Waals surface area contributed by atoms with E-state index in [1.165, 1.54) is 16.7 Å². The first-order valence-corrected chi connectivity index (χ1v) is 7.11. The third-order valence-corrected chi connectivity index (χ3v) is 3.21. The number of rotatable bonds is 6. The summed E-state index contributed by atoms with van der Waals surface area (Å²) < 4.78 is 11.3. The third kappa shape index (κ3) is 4.02. The molecule has 0 heterocycles. The summed E-state index contributed by atoms with van der Waals surface area (Å²) in [5.74, 6) is 1.90. The zero-order valence-electron chi connectivity index (χ0n) is 12.5. The maximum atomic E-state index is 5.84. The Morgan fingerprint density at radius 1 is 0.900 bits per heavy atom. The van der Waals surface area contributed by atoms with Crippen molar-refractivity contribution in [2.24, 2.45) is 0 Å². The minimum Gasteiger partial charge on any atom is -0.494 e. The molecule has 106 valence electrons. The van der Waals surface area contributed by atoms with Gasteiger partial charge in [-0.3, -0.25) is 0 Å². The highest BCUT2D eigenvalue weighted by atomic mass is 16.5. The molecule has 0 aliphatic rings. The van der Waals surface area contributed by atoms with Gasteiger partial charge in [-0.25, -0.2) is 0 Å². The van der Waals surface area contributed by atoms with E-state index in [9.17, 15) is 0 Å². The van der Waals surface area contributed by atoms with Crippen molar-refractivity contribution < 1.29 is 9.47 Å². The normalized spacial score (nSPS) is 10.3. The molecule has 0 aliphatic carbocycles. The van der Waals surface area contributed by atoms with Gasteiger partial charge in [-0.05, 0) is 50.1 Å². The number of hydrogen-bond donors (Lipinski definition) is 0. The fraction of sp³-hybridized carbons (Fsp3) is 0.333. The van der Waals surface area contributed by atoms with E-state index in [-0.39, 0.29) is 0 Å². The molecule has 2 nitrogen and oxygen atoms in total. The van der Waals surface area contributed by atoms with Crippen LogP contribution in [0.3, 0.4) is 0 Å². The van der Waals surface area contributed by atoms with Gasteiger partial charge in [-0.15, -0.1) is 0 Å². The lowest BCUT2D eigenvalue weighted by molar-refractivity contribution is 0.319. The SMILES string of the molecule is CCOc1ccc(CCOc2ccc(C)cc2C)cc1. The first kappa shape index (κ1) is 14.4. The Kier molecular flexibility index (Phi) is 5.05. The standard InChI is InChI=1S/C18H22O2/c1-4-19-17-8-6-16(7-9-17)11-12-20-18-10-5-14(2)13-15(18)3/h5-10,13H,4,11-12H2,1-3H3. The molecule has 0 amide bonds. The maximum Gasteiger partial charge on any atom is 0.122 e. The van der Waals surface area contributed by atoms with Crippen molar-refractivity contribution in [2.45, 2.75) is 27.2 Å². The predicted molar refractivity (Wildman–Crippen MR) is 82.7 cm³/mol. The van der Waals surface area contributed by atoms with Crippen LogP contribution in [0.4, 0.5) is 0 Å². The minimum atomic E-state index is 0.692. The van der Waals surface area contributed by atoms with E-state index in [2.05, 4.69) is 38.1 Å². The summed E-state index contributed by atoms with van der Waals surface area (Å²) in [7, 11) is 0. The van der Waals surface area contributed by atoms with Gasteiger partial charge in [0.15, 0.2) is 0 Å². The highest BCUT2D eigenvalue weighted by molar-refractivity contribution is 5.35. The molecule has 20 heavy (non-hydrogen) atoms. The molecule has 0 saturated heterocycles. The van der Waals surface area contributed by atoms with Crippen LogP contribution in [0.2, 0.25) is 0 Å². The quantitative estimate of drug-likeness (QED) is 0.778. The molecule has 0 saturated carbocycles. The topological polar surface area (TPSA) is 18.5 Å². The summed E-state index contributed by atoms with van der Waals surface area (Å²) in [6, 6.07) is 14.5. The van der Waals surface area contributed by atoms with Crippen molar-refractivity contribution in [3.8, 4) is 11.5 Å². The number of benzene rings is 2. The number of hydrogen-bond acceptors (Lipinski definition) is 2. The molecule has 0 radical (unpaired) electrons. The van der Waals surface area contributed by atoms with Gasteiger partial charge in [0.05, 0.1) is 13.2 Å². The zero-order valence-corrected chi connectivity index (χ0v) is 12.5. The van der Waals surface area contributed by atoms with Gasteiger partial charge < -0.3 is 9.47 Å². The molecule has 0 unspecified atom stereocenters. The number of aryl methyl sites for hydroxylation is 2. The second-order valence-corrected chi connectivity index (χ2v) is 4.94. The van der Waals surface area contributed by atoms with Crippen molar-refractivity contribution in [2.75, 3.05) is 13.2 Å². The van der Waals surface area contributed by atoms with Gasteiger partial charge in [0, 0.05) is 6.42 Å². The van der Waals surface area contributed by atoms with Gasteiger partial charge in [-0.2, -0.15) is 0 Å². The van der Waals surface area contributed by atoms with Crippen LogP contribution in [0.1, 0.15) is 23.6 Å². The first-order chi connectivity index (χ1) is 9.69. The summed E-state index contributed by atoms with van der Waals surface area (Å²) in [5.41, 5.74) is 3.72. The van der Waals surface area contributed by atoms with Gasteiger partial charge in [0.25, 0.3) is 0 Å². The van der Waals surface area contributed by atoms with Crippen molar-refractivity contribution >= 4 is 0 Å². The Morgan fingerprint density at radius 2 is 1.65 bits per heavy atom. The van der Waals surface area contributed by atoms with Gasteiger partial charge in [0.2, 0.25) is 0 Å². The lowest BCUT2D eigenvalue weighted by Crippen LogP contribution is -2.02. The molecule has 0 aliphatic heterocycles. The Hall–Kier alpha value is -1.96. The lowest BCUT2D eigenvalue weighted by Gasteiger charge is -2.10. The second kappa shape index (κ2) is 6.99. The maximum absolute atomic E-state index is 5.84. The molecule has 0 N–H and O–H groups in total. The van der Waals surface area contributed by atoms with Crippen LogP contribution in [0.15, 0.2) is 42.5 Å². The molecule has 2 aromatic carbocycles. The van der Waals surface area contributed by atoms with Crippen LogP contribution in [0, 0.1) is 13.8 Å². The first-order valence-electron chi connectivity index (χ1n) is 7.11. The Labute approximate surface area is 121 Å². The molecule has 2 heteroatoms. The minimum absolute atomic E-state index is 0.692. The molecule has 0 bridgehead atoms. The fourth-order valence-electron chi connectivity index (χ4n) is 2.16. The van der Waals surface area contributed by atoms with Crippen molar-refractivity contribution in [1.82, 2.24) is 0 Å². The van der Waals surface area contributed by atoms with E-state index in [4.69, 9.17) is 9.47 Å². The molecule has 0 spiro atoms. The van der Waals surface area contributed by atoms with Crippen LogP contribution in [-0.2, 0) is 6.42 Å². The Morgan fingerprint density at radius 3 is 2.30 bits per heavy atom. The van der Waals surface area contributed by atoms with E-state index in [0.717, 1.165) is 17.9 Å². The highest BCUT2D eigenvalue weighted by Gasteiger charge is 2.00. The summed E-state index contributed by atoms with van der Waals surface area (Å²) >= 11 is 0. The molecule has 2 aromatic rings. The average molecular weight is 270 g/mol. The Balaban J connectivity index is 1.86. The summed E-state index contributed by atoms with van der Waals surface area (Å²) in [6.45, 7) is 7.56. The van der Waals surface area contributed by atoms with Crippen LogP contribution in [0.25, 0.3) is 0 Å². The van der Waals surface area contributed by atoms with Gasteiger partial charge in [-0.1, -0.05) is 29.8 Å². The van der Waals surface area contributed by atoms with Crippen molar-refractivity contribution in [3.63, 3.8) is 0 Å². The molecule has 2 rings (SSSR count). The lowest BCUT2D eigenvalue weighted by atomic mass is 10.1. The van der Waals surface area contributed by atoms with E-state index >= 15 is 0 Å². The van der Waals surface area contributed by atoms with E-state index in [1.54, 1.807) is 0 Å². The molecule has 0 aromatic heterocycles. The largest absolute Gasteiger partial charge is 0.494 e. The number of ether oxygens (including phenoxy) is 2. The summed E-state index contributed by atoms with van der Waals surface area (Å²) in [4.78, 5) is 0. The fourth-order valence-corrected chi connectivity index (χ4v) is 2.16. The van der Waals surface area contributed by atoms with Crippen LogP contribution in [-0.4, -0.2) is 13.2 Å². The summed E-state index contributed by atoms with van der Waals surface area (Å²) in [5, 5.41) is 0.